The van der Waals surface area contributed by atoms with Crippen LogP contribution in [0, 0.1) is 11.6 Å². The van der Waals surface area contributed by atoms with Crippen LogP contribution in [0.4, 0.5) is 14.6 Å². The van der Waals surface area contributed by atoms with Gasteiger partial charge in [-0.1, -0.05) is 6.07 Å². The minimum Gasteiger partial charge on any atom is -0.392 e. The molecule has 1 aromatic heterocycles. The van der Waals surface area contributed by atoms with Gasteiger partial charge in [-0.3, -0.25) is 4.72 Å². The van der Waals surface area contributed by atoms with E-state index < -0.39 is 33.2 Å². The van der Waals surface area contributed by atoms with Crippen LogP contribution in [-0.2, 0) is 16.6 Å². The van der Waals surface area contributed by atoms with Crippen molar-refractivity contribution in [2.45, 2.75) is 11.5 Å². The van der Waals surface area contributed by atoms with E-state index in [1.165, 1.54) is 18.3 Å². The predicted molar refractivity (Wildman–Crippen MR) is 67.3 cm³/mol. The monoisotopic (exact) mass is 300 g/mol. The first-order valence-electron chi connectivity index (χ1n) is 5.46. The van der Waals surface area contributed by atoms with E-state index in [-0.39, 0.29) is 11.4 Å². The number of aliphatic hydroxyl groups is 1. The van der Waals surface area contributed by atoms with Crippen molar-refractivity contribution in [3.63, 3.8) is 0 Å². The minimum atomic E-state index is -4.34. The Kier molecular flexibility index (Phi) is 3.96. The highest BCUT2D eigenvalue weighted by Gasteiger charge is 2.23. The van der Waals surface area contributed by atoms with E-state index in [1.54, 1.807) is 6.07 Å². The van der Waals surface area contributed by atoms with Gasteiger partial charge in [-0.2, -0.15) is 0 Å². The third-order valence-corrected chi connectivity index (χ3v) is 3.78. The molecule has 0 bridgehead atoms. The van der Waals surface area contributed by atoms with Gasteiger partial charge < -0.3 is 5.11 Å². The molecule has 0 aliphatic carbocycles. The second kappa shape index (κ2) is 5.51. The van der Waals surface area contributed by atoms with Crippen molar-refractivity contribution in [1.29, 1.82) is 0 Å². The molecule has 5 nitrogen and oxygen atoms in total. The van der Waals surface area contributed by atoms with Crippen LogP contribution in [-0.4, -0.2) is 18.5 Å². The molecule has 0 fully saturated rings. The van der Waals surface area contributed by atoms with E-state index in [4.69, 9.17) is 5.11 Å². The van der Waals surface area contributed by atoms with E-state index >= 15 is 0 Å². The summed E-state index contributed by atoms with van der Waals surface area (Å²) in [4.78, 5) is 2.85. The summed E-state index contributed by atoms with van der Waals surface area (Å²) in [6, 6.07) is 6.07. The van der Waals surface area contributed by atoms with E-state index in [0.29, 0.717) is 0 Å². The maximum atomic E-state index is 13.6. The fourth-order valence-electron chi connectivity index (χ4n) is 1.52. The number of benzene rings is 1. The molecule has 2 rings (SSSR count). The molecule has 0 spiro atoms. The molecule has 1 heterocycles. The smallest absolute Gasteiger partial charge is 0.266 e. The molecule has 8 heteroatoms. The summed E-state index contributed by atoms with van der Waals surface area (Å²) in [5.74, 6) is -2.88. The molecule has 20 heavy (non-hydrogen) atoms. The Morgan fingerprint density at radius 1 is 1.25 bits per heavy atom. The number of pyridine rings is 1. The highest BCUT2D eigenvalue weighted by atomic mass is 32.2. The Hall–Kier alpha value is -2.06. The van der Waals surface area contributed by atoms with Crippen molar-refractivity contribution < 1.29 is 22.3 Å². The van der Waals surface area contributed by atoms with Crippen LogP contribution < -0.4 is 4.72 Å². The average Bonchev–Trinajstić information content (AvgIpc) is 2.42. The number of aromatic nitrogens is 1. The molecule has 2 N–H and O–H groups in total. The van der Waals surface area contributed by atoms with Gasteiger partial charge in [0.1, 0.15) is 10.7 Å². The van der Waals surface area contributed by atoms with E-state index in [2.05, 4.69) is 4.98 Å². The zero-order valence-corrected chi connectivity index (χ0v) is 10.9. The normalized spacial score (nSPS) is 11.3. The number of nitrogens with one attached hydrogen (secondary N) is 1. The Bertz CT molecular complexity index is 721. The Morgan fingerprint density at radius 2 is 2.00 bits per heavy atom. The second-order valence-electron chi connectivity index (χ2n) is 3.87. The molecular weight excluding hydrogens is 290 g/mol. The highest BCUT2D eigenvalue weighted by Crippen LogP contribution is 2.22. The zero-order chi connectivity index (χ0) is 14.8. The maximum Gasteiger partial charge on any atom is 0.266 e. The van der Waals surface area contributed by atoms with Crippen LogP contribution in [0.25, 0.3) is 0 Å². The first kappa shape index (κ1) is 14.4. The van der Waals surface area contributed by atoms with Gasteiger partial charge in [-0.25, -0.2) is 22.2 Å². The number of anilines is 1. The van der Waals surface area contributed by atoms with Crippen LogP contribution in [0.1, 0.15) is 5.56 Å². The van der Waals surface area contributed by atoms with E-state index in [9.17, 15) is 17.2 Å². The van der Waals surface area contributed by atoms with Gasteiger partial charge >= 0.3 is 0 Å². The van der Waals surface area contributed by atoms with Crippen molar-refractivity contribution in [2.24, 2.45) is 0 Å². The number of rotatable bonds is 4. The van der Waals surface area contributed by atoms with Gasteiger partial charge in [0.2, 0.25) is 0 Å². The van der Waals surface area contributed by atoms with E-state index in [0.717, 1.165) is 12.1 Å². The van der Waals surface area contributed by atoms with Gasteiger partial charge in [0.15, 0.2) is 11.6 Å². The minimum absolute atomic E-state index is 0.0262. The molecule has 106 valence electrons. The maximum absolute atomic E-state index is 13.6. The summed E-state index contributed by atoms with van der Waals surface area (Å²) in [7, 11) is -4.34. The molecule has 1 aromatic carbocycles. The SMILES string of the molecule is O=S(=O)(Nc1ccccn1)c1cc(CO)cc(F)c1F. The number of nitrogens with zero attached hydrogens (tertiary/aromatic N) is 1. The summed E-state index contributed by atoms with van der Waals surface area (Å²) in [6.07, 6.45) is 1.35. The third kappa shape index (κ3) is 2.91. The van der Waals surface area contributed by atoms with E-state index in [1.807, 2.05) is 4.72 Å². The molecule has 0 aliphatic rings. The predicted octanol–water partition coefficient (Wildman–Crippen LogP) is 1.65. The summed E-state index contributed by atoms with van der Waals surface area (Å²) in [5, 5.41) is 8.92. The lowest BCUT2D eigenvalue weighted by Crippen LogP contribution is -2.16. The van der Waals surface area contributed by atoms with Crippen molar-refractivity contribution in [1.82, 2.24) is 4.98 Å². The van der Waals surface area contributed by atoms with Gasteiger partial charge in [-0.05, 0) is 29.8 Å². The lowest BCUT2D eigenvalue weighted by atomic mass is 10.2. The zero-order valence-electron chi connectivity index (χ0n) is 10.0. The standard InChI is InChI=1S/C12H10F2N2O3S/c13-9-5-8(7-17)6-10(12(9)14)20(18,19)16-11-3-1-2-4-15-11/h1-6,17H,7H2,(H,15,16). The number of sulfonamides is 1. The molecule has 0 saturated heterocycles. The fraction of sp³-hybridized carbons (Fsp3) is 0.0833. The fourth-order valence-corrected chi connectivity index (χ4v) is 2.67. The van der Waals surface area contributed by atoms with Crippen LogP contribution in [0.15, 0.2) is 41.4 Å². The van der Waals surface area contributed by atoms with Crippen molar-refractivity contribution in [2.75, 3.05) is 4.72 Å². The van der Waals surface area contributed by atoms with Crippen molar-refractivity contribution in [3.05, 3.63) is 53.7 Å². The van der Waals surface area contributed by atoms with Crippen molar-refractivity contribution in [3.8, 4) is 0 Å². The van der Waals surface area contributed by atoms with Crippen LogP contribution >= 0.6 is 0 Å². The topological polar surface area (TPSA) is 79.3 Å². The van der Waals surface area contributed by atoms with Gasteiger partial charge in [0.05, 0.1) is 6.61 Å². The molecule has 0 saturated carbocycles. The molecule has 2 aromatic rings. The first-order chi connectivity index (χ1) is 9.44. The average molecular weight is 300 g/mol. The quantitative estimate of drug-likeness (QED) is 0.900. The van der Waals surface area contributed by atoms with Gasteiger partial charge in [0, 0.05) is 6.20 Å². The Balaban J connectivity index is 2.47. The highest BCUT2D eigenvalue weighted by molar-refractivity contribution is 7.92. The van der Waals surface area contributed by atoms with Gasteiger partial charge in [0.25, 0.3) is 10.0 Å². The molecule has 0 unspecified atom stereocenters. The van der Waals surface area contributed by atoms with Gasteiger partial charge in [-0.15, -0.1) is 0 Å². The van der Waals surface area contributed by atoms with Crippen LogP contribution in [0.3, 0.4) is 0 Å². The molecule has 0 radical (unpaired) electrons. The first-order valence-corrected chi connectivity index (χ1v) is 6.95. The van der Waals surface area contributed by atoms with Crippen LogP contribution in [0.2, 0.25) is 0 Å². The molecular formula is C12H10F2N2O3S. The number of hydrogen-bond acceptors (Lipinski definition) is 4. The number of hydrogen-bond donors (Lipinski definition) is 2. The number of halogens is 2. The summed E-state index contributed by atoms with van der Waals surface area (Å²) < 4.78 is 53.0. The lowest BCUT2D eigenvalue weighted by Gasteiger charge is -2.09. The lowest BCUT2D eigenvalue weighted by molar-refractivity contribution is 0.280. The Morgan fingerprint density at radius 3 is 2.60 bits per heavy atom. The second-order valence-corrected chi connectivity index (χ2v) is 5.52. The van der Waals surface area contributed by atoms with Crippen molar-refractivity contribution >= 4 is 15.8 Å². The summed E-state index contributed by atoms with van der Waals surface area (Å²) in [5.41, 5.74) is -0.0507. The molecule has 0 atom stereocenters. The number of aliphatic hydroxyl groups excluding tert-OH is 1. The van der Waals surface area contributed by atoms with Crippen LogP contribution in [0.5, 0.6) is 0 Å². The largest absolute Gasteiger partial charge is 0.392 e. The third-order valence-electron chi connectivity index (χ3n) is 2.43. The molecule has 0 aliphatic heterocycles. The summed E-state index contributed by atoms with van der Waals surface area (Å²) >= 11 is 0. The Labute approximate surface area is 114 Å². The summed E-state index contributed by atoms with van der Waals surface area (Å²) in [6.45, 7) is -0.608. The molecule has 0 amide bonds.